The topological polar surface area (TPSA) is 41.5 Å². The van der Waals surface area contributed by atoms with E-state index < -0.39 is 0 Å². The highest BCUT2D eigenvalue weighted by Crippen LogP contribution is 2.27. The lowest BCUT2D eigenvalue weighted by molar-refractivity contribution is -0.114. The molecule has 0 aliphatic heterocycles. The van der Waals surface area contributed by atoms with Crippen LogP contribution in [-0.4, -0.2) is 24.7 Å². The Morgan fingerprint density at radius 3 is 2.79 bits per heavy atom. The van der Waals surface area contributed by atoms with Gasteiger partial charge in [-0.25, -0.2) is 0 Å². The van der Waals surface area contributed by atoms with Crippen LogP contribution >= 0.6 is 0 Å². The Bertz CT molecular complexity index is 252. The molecule has 0 bridgehead atoms. The largest absolute Gasteiger partial charge is 0.350 e. The fourth-order valence-corrected chi connectivity index (χ4v) is 1.18. The molecule has 0 aromatic heterocycles. The summed E-state index contributed by atoms with van der Waals surface area (Å²) in [7, 11) is 0. The first-order valence-electron chi connectivity index (χ1n) is 5.23. The van der Waals surface area contributed by atoms with Gasteiger partial charge in [0.25, 0.3) is 5.91 Å². The van der Waals surface area contributed by atoms with Gasteiger partial charge in [0.15, 0.2) is 0 Å². The molecule has 0 heterocycles. The standard InChI is InChI=1S/C11H18N2O/c1-3-5-10(12-4-2)11(14)13-8-9-6-7-9/h3,5,9H,4,6-8H2,1-2H3,(H,13,14)/b5-3-,12-10?. The van der Waals surface area contributed by atoms with Gasteiger partial charge >= 0.3 is 0 Å². The van der Waals surface area contributed by atoms with Crippen LogP contribution in [0.5, 0.6) is 0 Å². The summed E-state index contributed by atoms with van der Waals surface area (Å²) in [6.07, 6.45) is 6.10. The number of nitrogens with zero attached hydrogens (tertiary/aromatic N) is 1. The zero-order chi connectivity index (χ0) is 10.4. The van der Waals surface area contributed by atoms with Crippen LogP contribution in [0.3, 0.4) is 0 Å². The molecule has 0 aromatic rings. The quantitative estimate of drug-likeness (QED) is 0.663. The molecule has 1 saturated carbocycles. The van der Waals surface area contributed by atoms with Crippen LogP contribution in [0.4, 0.5) is 0 Å². The summed E-state index contributed by atoms with van der Waals surface area (Å²) in [6, 6.07) is 0. The number of nitrogens with one attached hydrogen (secondary N) is 1. The van der Waals surface area contributed by atoms with Gasteiger partial charge in [-0.05, 0) is 38.7 Å². The average Bonchev–Trinajstić information content (AvgIpc) is 2.97. The van der Waals surface area contributed by atoms with Gasteiger partial charge in [-0.15, -0.1) is 0 Å². The number of hydrogen-bond acceptors (Lipinski definition) is 2. The molecule has 1 amide bonds. The normalized spacial score (nSPS) is 17.4. The van der Waals surface area contributed by atoms with E-state index in [0.717, 1.165) is 6.54 Å². The molecule has 3 heteroatoms. The van der Waals surface area contributed by atoms with Crippen LogP contribution in [-0.2, 0) is 4.79 Å². The minimum Gasteiger partial charge on any atom is -0.350 e. The smallest absolute Gasteiger partial charge is 0.269 e. The molecule has 78 valence electrons. The maximum absolute atomic E-state index is 11.6. The number of allylic oxidation sites excluding steroid dienone is 1. The Morgan fingerprint density at radius 1 is 1.57 bits per heavy atom. The monoisotopic (exact) mass is 194 g/mol. The molecule has 0 radical (unpaired) electrons. The summed E-state index contributed by atoms with van der Waals surface area (Å²) in [5.41, 5.74) is 0.538. The number of rotatable bonds is 5. The second-order valence-electron chi connectivity index (χ2n) is 3.51. The third-order valence-corrected chi connectivity index (χ3v) is 2.13. The lowest BCUT2D eigenvalue weighted by atomic mass is 10.3. The number of aliphatic imine (C=N–C) groups is 1. The number of carbonyl (C=O) groups is 1. The fraction of sp³-hybridized carbons (Fsp3) is 0.636. The van der Waals surface area contributed by atoms with E-state index in [1.807, 2.05) is 19.9 Å². The van der Waals surface area contributed by atoms with E-state index in [1.165, 1.54) is 12.8 Å². The highest BCUT2D eigenvalue weighted by Gasteiger charge is 2.22. The molecule has 14 heavy (non-hydrogen) atoms. The minimum absolute atomic E-state index is 0.0446. The third kappa shape index (κ3) is 3.73. The van der Waals surface area contributed by atoms with Crippen molar-refractivity contribution >= 4 is 11.6 Å². The molecule has 0 unspecified atom stereocenters. The SMILES string of the molecule is C/C=C\C(=NCC)C(=O)NCC1CC1. The third-order valence-electron chi connectivity index (χ3n) is 2.13. The molecular formula is C11H18N2O. The fourth-order valence-electron chi connectivity index (χ4n) is 1.18. The molecule has 3 nitrogen and oxygen atoms in total. The molecule has 0 aromatic carbocycles. The zero-order valence-electron chi connectivity index (χ0n) is 8.92. The van der Waals surface area contributed by atoms with Crippen molar-refractivity contribution < 1.29 is 4.79 Å². The number of carbonyl (C=O) groups excluding carboxylic acids is 1. The van der Waals surface area contributed by atoms with E-state index in [1.54, 1.807) is 6.08 Å². The molecule has 1 aliphatic carbocycles. The van der Waals surface area contributed by atoms with Crippen molar-refractivity contribution in [2.24, 2.45) is 10.9 Å². The van der Waals surface area contributed by atoms with Crippen molar-refractivity contribution in [3.63, 3.8) is 0 Å². The Morgan fingerprint density at radius 2 is 2.29 bits per heavy atom. The van der Waals surface area contributed by atoms with Crippen LogP contribution in [0.2, 0.25) is 0 Å². The van der Waals surface area contributed by atoms with E-state index in [9.17, 15) is 4.79 Å². The van der Waals surface area contributed by atoms with Crippen molar-refractivity contribution in [1.82, 2.24) is 5.32 Å². The second kappa shape index (κ2) is 5.58. The van der Waals surface area contributed by atoms with Crippen LogP contribution in [0.1, 0.15) is 26.7 Å². The van der Waals surface area contributed by atoms with Gasteiger partial charge < -0.3 is 5.32 Å². The first kappa shape index (κ1) is 11.0. The number of amides is 1. The predicted molar refractivity (Wildman–Crippen MR) is 58.5 cm³/mol. The summed E-state index contributed by atoms with van der Waals surface area (Å²) < 4.78 is 0. The second-order valence-corrected chi connectivity index (χ2v) is 3.51. The molecular weight excluding hydrogens is 176 g/mol. The minimum atomic E-state index is -0.0446. The lowest BCUT2D eigenvalue weighted by Crippen LogP contribution is -2.31. The van der Waals surface area contributed by atoms with Gasteiger partial charge in [-0.1, -0.05) is 6.08 Å². The molecule has 1 aliphatic rings. The van der Waals surface area contributed by atoms with E-state index in [4.69, 9.17) is 0 Å². The van der Waals surface area contributed by atoms with Crippen molar-refractivity contribution in [3.8, 4) is 0 Å². The Labute approximate surface area is 85.3 Å². The maximum atomic E-state index is 11.6. The van der Waals surface area contributed by atoms with Gasteiger partial charge in [0.1, 0.15) is 5.71 Å². The highest BCUT2D eigenvalue weighted by atomic mass is 16.1. The van der Waals surface area contributed by atoms with Crippen LogP contribution < -0.4 is 5.32 Å². The molecule has 0 atom stereocenters. The summed E-state index contributed by atoms with van der Waals surface area (Å²) in [5.74, 6) is 0.671. The van der Waals surface area contributed by atoms with Crippen LogP contribution in [0.15, 0.2) is 17.1 Å². The summed E-state index contributed by atoms with van der Waals surface area (Å²) >= 11 is 0. The first-order valence-corrected chi connectivity index (χ1v) is 5.23. The maximum Gasteiger partial charge on any atom is 0.269 e. The zero-order valence-corrected chi connectivity index (χ0v) is 8.92. The van der Waals surface area contributed by atoms with Crippen molar-refractivity contribution in [1.29, 1.82) is 0 Å². The van der Waals surface area contributed by atoms with E-state index >= 15 is 0 Å². The van der Waals surface area contributed by atoms with Gasteiger partial charge in [-0.2, -0.15) is 0 Å². The molecule has 1 rings (SSSR count). The average molecular weight is 194 g/mol. The first-order chi connectivity index (χ1) is 6.77. The van der Waals surface area contributed by atoms with Crippen molar-refractivity contribution in [2.45, 2.75) is 26.7 Å². The Kier molecular flexibility index (Phi) is 4.36. The highest BCUT2D eigenvalue weighted by molar-refractivity contribution is 6.43. The van der Waals surface area contributed by atoms with Crippen LogP contribution in [0, 0.1) is 5.92 Å². The van der Waals surface area contributed by atoms with Crippen molar-refractivity contribution in [2.75, 3.05) is 13.1 Å². The summed E-state index contributed by atoms with van der Waals surface area (Å²) in [5, 5.41) is 2.89. The summed E-state index contributed by atoms with van der Waals surface area (Å²) in [6.45, 7) is 5.27. The van der Waals surface area contributed by atoms with Gasteiger partial charge in [0.05, 0.1) is 0 Å². The van der Waals surface area contributed by atoms with Gasteiger partial charge in [0.2, 0.25) is 0 Å². The Hall–Kier alpha value is -1.12. The van der Waals surface area contributed by atoms with Gasteiger partial charge in [0, 0.05) is 13.1 Å². The molecule has 1 fully saturated rings. The van der Waals surface area contributed by atoms with Crippen LogP contribution in [0.25, 0.3) is 0 Å². The van der Waals surface area contributed by atoms with E-state index in [2.05, 4.69) is 10.3 Å². The molecule has 0 saturated heterocycles. The van der Waals surface area contributed by atoms with E-state index in [-0.39, 0.29) is 5.91 Å². The van der Waals surface area contributed by atoms with Crippen molar-refractivity contribution in [3.05, 3.63) is 12.2 Å². The predicted octanol–water partition coefficient (Wildman–Crippen LogP) is 1.55. The number of hydrogen-bond donors (Lipinski definition) is 1. The lowest BCUT2D eigenvalue weighted by Gasteiger charge is -2.03. The molecule has 0 spiro atoms. The molecule has 1 N–H and O–H groups in total. The van der Waals surface area contributed by atoms with E-state index in [0.29, 0.717) is 18.2 Å². The Balaban J connectivity index is 2.40. The van der Waals surface area contributed by atoms with Gasteiger partial charge in [-0.3, -0.25) is 9.79 Å². The summed E-state index contributed by atoms with van der Waals surface area (Å²) in [4.78, 5) is 15.7.